The Balaban J connectivity index is 1.70. The van der Waals surface area contributed by atoms with Gasteiger partial charge in [0.25, 0.3) is 0 Å². The lowest BCUT2D eigenvalue weighted by Crippen LogP contribution is -1.96. The van der Waals surface area contributed by atoms with Crippen molar-refractivity contribution >= 4 is 0 Å². The minimum atomic E-state index is 0.665. The summed E-state index contributed by atoms with van der Waals surface area (Å²) in [7, 11) is 0. The summed E-state index contributed by atoms with van der Waals surface area (Å²) in [6.45, 7) is 1.53. The van der Waals surface area contributed by atoms with Crippen molar-refractivity contribution in [3.8, 4) is 6.07 Å². The zero-order chi connectivity index (χ0) is 10.5. The maximum absolute atomic E-state index is 8.63. The Bertz CT molecular complexity index is 346. The highest BCUT2D eigenvalue weighted by Crippen LogP contribution is 2.32. The maximum atomic E-state index is 8.63. The quantitative estimate of drug-likeness (QED) is 0.686. The molecule has 2 heteroatoms. The summed E-state index contributed by atoms with van der Waals surface area (Å²) < 4.78 is 5.56. The van der Waals surface area contributed by atoms with Crippen LogP contribution in [0.5, 0.6) is 0 Å². The van der Waals surface area contributed by atoms with E-state index in [1.807, 2.05) is 24.3 Å². The molecule has 78 valence electrons. The molecule has 1 aliphatic carbocycles. The highest BCUT2D eigenvalue weighted by molar-refractivity contribution is 5.31. The van der Waals surface area contributed by atoms with Crippen LogP contribution in [0.3, 0.4) is 0 Å². The van der Waals surface area contributed by atoms with E-state index < -0.39 is 0 Å². The Morgan fingerprint density at radius 1 is 1.27 bits per heavy atom. The van der Waals surface area contributed by atoms with Crippen LogP contribution in [0.1, 0.15) is 30.4 Å². The second-order valence-electron chi connectivity index (χ2n) is 4.09. The maximum Gasteiger partial charge on any atom is 0.0991 e. The van der Waals surface area contributed by atoms with Gasteiger partial charge >= 0.3 is 0 Å². The lowest BCUT2D eigenvalue weighted by Gasteiger charge is -2.03. The van der Waals surface area contributed by atoms with E-state index in [0.717, 1.165) is 18.1 Å². The topological polar surface area (TPSA) is 33.0 Å². The zero-order valence-electron chi connectivity index (χ0n) is 8.78. The fourth-order valence-corrected chi connectivity index (χ4v) is 1.52. The van der Waals surface area contributed by atoms with Crippen LogP contribution >= 0.6 is 0 Å². The molecule has 0 N–H and O–H groups in total. The molecule has 0 radical (unpaired) electrons. The van der Waals surface area contributed by atoms with E-state index in [9.17, 15) is 0 Å². The Morgan fingerprint density at radius 2 is 2.00 bits per heavy atom. The first-order valence-corrected chi connectivity index (χ1v) is 5.45. The van der Waals surface area contributed by atoms with Crippen LogP contribution in [0.15, 0.2) is 24.3 Å². The molecular formula is C13H15NO. The average Bonchev–Trinajstić information content (AvgIpc) is 3.09. The van der Waals surface area contributed by atoms with Crippen LogP contribution in [0.25, 0.3) is 0 Å². The van der Waals surface area contributed by atoms with Gasteiger partial charge in [0.1, 0.15) is 0 Å². The molecule has 15 heavy (non-hydrogen) atoms. The van der Waals surface area contributed by atoms with Crippen LogP contribution in [-0.4, -0.2) is 6.61 Å². The molecule has 0 saturated heterocycles. The third kappa shape index (κ3) is 3.38. The predicted octanol–water partition coefficient (Wildman–Crippen LogP) is 2.87. The molecule has 0 spiro atoms. The van der Waals surface area contributed by atoms with Gasteiger partial charge in [0, 0.05) is 6.61 Å². The van der Waals surface area contributed by atoms with E-state index in [0.29, 0.717) is 12.2 Å². The van der Waals surface area contributed by atoms with E-state index in [-0.39, 0.29) is 0 Å². The van der Waals surface area contributed by atoms with Crippen molar-refractivity contribution in [2.24, 2.45) is 5.92 Å². The fourth-order valence-electron chi connectivity index (χ4n) is 1.52. The first kappa shape index (κ1) is 10.2. The van der Waals surface area contributed by atoms with E-state index in [4.69, 9.17) is 10.00 Å². The van der Waals surface area contributed by atoms with Gasteiger partial charge in [0.2, 0.25) is 0 Å². The molecule has 2 rings (SSSR count). The Morgan fingerprint density at radius 3 is 2.60 bits per heavy atom. The smallest absolute Gasteiger partial charge is 0.0991 e. The number of nitriles is 1. The molecule has 0 heterocycles. The van der Waals surface area contributed by atoms with E-state index in [1.54, 1.807) is 0 Å². The van der Waals surface area contributed by atoms with Gasteiger partial charge in [-0.3, -0.25) is 0 Å². The molecule has 1 saturated carbocycles. The Kier molecular flexibility index (Phi) is 3.37. The van der Waals surface area contributed by atoms with E-state index in [1.165, 1.54) is 19.3 Å². The van der Waals surface area contributed by atoms with Gasteiger partial charge in [-0.05, 0) is 30.0 Å². The summed E-state index contributed by atoms with van der Waals surface area (Å²) in [6, 6.07) is 9.68. The van der Waals surface area contributed by atoms with Crippen LogP contribution in [-0.2, 0) is 11.3 Å². The van der Waals surface area contributed by atoms with Gasteiger partial charge in [-0.25, -0.2) is 0 Å². The highest BCUT2D eigenvalue weighted by Gasteiger charge is 2.20. The summed E-state index contributed by atoms with van der Waals surface area (Å²) in [5.41, 5.74) is 1.85. The third-order valence-corrected chi connectivity index (χ3v) is 2.72. The lowest BCUT2D eigenvalue weighted by atomic mass is 10.2. The summed E-state index contributed by atoms with van der Waals surface area (Å²) in [5, 5.41) is 8.63. The van der Waals surface area contributed by atoms with Gasteiger partial charge in [-0.15, -0.1) is 0 Å². The predicted molar refractivity (Wildman–Crippen MR) is 58.2 cm³/mol. The molecule has 0 aromatic heterocycles. The van der Waals surface area contributed by atoms with Gasteiger partial charge in [0.15, 0.2) is 0 Å². The van der Waals surface area contributed by atoms with Crippen molar-refractivity contribution in [2.75, 3.05) is 6.61 Å². The van der Waals surface area contributed by atoms with Crippen molar-refractivity contribution in [3.05, 3.63) is 35.4 Å². The number of hydrogen-bond donors (Lipinski definition) is 0. The van der Waals surface area contributed by atoms with Crippen molar-refractivity contribution in [3.63, 3.8) is 0 Å². The summed E-state index contributed by atoms with van der Waals surface area (Å²) in [6.07, 6.45) is 3.98. The second kappa shape index (κ2) is 4.95. The minimum Gasteiger partial charge on any atom is -0.377 e. The molecule has 0 atom stereocenters. The molecule has 2 nitrogen and oxygen atoms in total. The van der Waals surface area contributed by atoms with Gasteiger partial charge in [0.05, 0.1) is 18.2 Å². The first-order valence-electron chi connectivity index (χ1n) is 5.45. The summed E-state index contributed by atoms with van der Waals surface area (Å²) >= 11 is 0. The van der Waals surface area contributed by atoms with E-state index in [2.05, 4.69) is 6.07 Å². The van der Waals surface area contributed by atoms with Crippen LogP contribution in [0.4, 0.5) is 0 Å². The van der Waals surface area contributed by atoms with Crippen molar-refractivity contribution in [2.45, 2.75) is 25.9 Å². The van der Waals surface area contributed by atoms with Gasteiger partial charge in [-0.2, -0.15) is 5.26 Å². The molecule has 0 bridgehead atoms. The van der Waals surface area contributed by atoms with Crippen LogP contribution in [0.2, 0.25) is 0 Å². The third-order valence-electron chi connectivity index (χ3n) is 2.72. The molecule has 1 aromatic carbocycles. The number of rotatable bonds is 5. The average molecular weight is 201 g/mol. The Hall–Kier alpha value is -1.33. The molecular weight excluding hydrogens is 186 g/mol. The number of nitrogens with zero attached hydrogens (tertiary/aromatic N) is 1. The first-order chi connectivity index (χ1) is 7.38. The normalized spacial score (nSPS) is 14.9. The number of hydrogen-bond acceptors (Lipinski definition) is 2. The van der Waals surface area contributed by atoms with Crippen LogP contribution < -0.4 is 0 Å². The molecule has 1 aromatic rings. The van der Waals surface area contributed by atoms with Crippen LogP contribution in [0, 0.1) is 17.2 Å². The second-order valence-corrected chi connectivity index (χ2v) is 4.09. The van der Waals surface area contributed by atoms with Crippen molar-refractivity contribution < 1.29 is 4.74 Å². The number of ether oxygens (including phenoxy) is 1. The largest absolute Gasteiger partial charge is 0.377 e. The fraction of sp³-hybridized carbons (Fsp3) is 0.462. The molecule has 0 aliphatic heterocycles. The molecule has 1 fully saturated rings. The summed E-state index contributed by atoms with van der Waals surface area (Å²) in [5.74, 6) is 0.936. The summed E-state index contributed by atoms with van der Waals surface area (Å²) in [4.78, 5) is 0. The zero-order valence-corrected chi connectivity index (χ0v) is 8.78. The standard InChI is InChI=1S/C13H15NO/c14-9-12-3-5-13(6-4-12)10-15-8-7-11-1-2-11/h3-6,11H,1-2,7-8,10H2. The molecule has 1 aliphatic rings. The van der Waals surface area contributed by atoms with Crippen molar-refractivity contribution in [1.29, 1.82) is 5.26 Å². The van der Waals surface area contributed by atoms with E-state index >= 15 is 0 Å². The van der Waals surface area contributed by atoms with Gasteiger partial charge < -0.3 is 4.74 Å². The lowest BCUT2D eigenvalue weighted by molar-refractivity contribution is 0.115. The van der Waals surface area contributed by atoms with Crippen molar-refractivity contribution in [1.82, 2.24) is 0 Å². The minimum absolute atomic E-state index is 0.665. The Labute approximate surface area is 90.5 Å². The monoisotopic (exact) mass is 201 g/mol. The molecule has 0 unspecified atom stereocenters. The highest BCUT2D eigenvalue weighted by atomic mass is 16.5. The number of benzene rings is 1. The SMILES string of the molecule is N#Cc1ccc(COCCC2CC2)cc1. The molecule has 0 amide bonds. The van der Waals surface area contributed by atoms with Gasteiger partial charge in [-0.1, -0.05) is 25.0 Å².